The van der Waals surface area contributed by atoms with Crippen molar-refractivity contribution in [1.29, 1.82) is 0 Å². The fraction of sp³-hybridized carbons (Fsp3) is 0.333. The summed E-state index contributed by atoms with van der Waals surface area (Å²) in [6, 6.07) is 12.6. The number of halogens is 1. The first kappa shape index (κ1) is 18.9. The molecule has 0 spiro atoms. The maximum atomic E-state index is 12.9. The van der Waals surface area contributed by atoms with E-state index in [1.165, 1.54) is 31.2 Å². The highest BCUT2D eigenvalue weighted by Crippen LogP contribution is 2.24. The van der Waals surface area contributed by atoms with Crippen molar-refractivity contribution in [1.82, 2.24) is 5.32 Å². The second-order valence-corrected chi connectivity index (χ2v) is 6.78. The van der Waals surface area contributed by atoms with E-state index in [1.807, 2.05) is 12.1 Å². The number of Topliss-reactive ketones (excluding diaryl/α,β-unsaturated/α-hetero) is 1. The van der Waals surface area contributed by atoms with Crippen LogP contribution in [0.1, 0.15) is 43.0 Å². The van der Waals surface area contributed by atoms with Crippen LogP contribution in [-0.4, -0.2) is 24.0 Å². The lowest BCUT2D eigenvalue weighted by molar-refractivity contribution is 0.101. The van der Waals surface area contributed by atoms with E-state index < -0.39 is 0 Å². The topological polar surface area (TPSA) is 67.4 Å². The van der Waals surface area contributed by atoms with Crippen molar-refractivity contribution in [2.75, 3.05) is 5.32 Å². The molecule has 27 heavy (non-hydrogen) atoms. The lowest BCUT2D eigenvalue weighted by Crippen LogP contribution is -2.41. The van der Waals surface area contributed by atoms with Gasteiger partial charge in [-0.25, -0.2) is 9.18 Å². The average molecular weight is 370 g/mol. The number of hydrogen-bond acceptors (Lipinski definition) is 3. The van der Waals surface area contributed by atoms with Crippen LogP contribution in [0.15, 0.2) is 48.5 Å². The Morgan fingerprint density at radius 2 is 1.59 bits per heavy atom. The van der Waals surface area contributed by atoms with E-state index in [0.717, 1.165) is 31.4 Å². The van der Waals surface area contributed by atoms with Crippen LogP contribution in [0, 0.1) is 5.82 Å². The largest absolute Gasteiger partial charge is 0.490 e. The first-order chi connectivity index (χ1) is 13.0. The Hall–Kier alpha value is -2.89. The number of amides is 2. The molecular weight excluding hydrogens is 347 g/mol. The molecule has 2 aromatic rings. The summed E-state index contributed by atoms with van der Waals surface area (Å²) >= 11 is 0. The summed E-state index contributed by atoms with van der Waals surface area (Å²) in [5.41, 5.74) is 1.22. The zero-order valence-corrected chi connectivity index (χ0v) is 15.2. The minimum Gasteiger partial charge on any atom is -0.490 e. The maximum absolute atomic E-state index is 12.9. The summed E-state index contributed by atoms with van der Waals surface area (Å²) in [5, 5.41) is 5.66. The summed E-state index contributed by atoms with van der Waals surface area (Å²) in [6.45, 7) is 1.54. The molecule has 1 aliphatic carbocycles. The third kappa shape index (κ3) is 5.54. The number of rotatable bonds is 5. The summed E-state index contributed by atoms with van der Waals surface area (Å²) in [5.74, 6) is 0.452. The predicted octanol–water partition coefficient (Wildman–Crippen LogP) is 4.54. The number of nitrogens with one attached hydrogen (secondary N) is 2. The van der Waals surface area contributed by atoms with Crippen molar-refractivity contribution in [3.8, 4) is 5.75 Å². The number of benzene rings is 2. The van der Waals surface area contributed by atoms with Crippen molar-refractivity contribution < 1.29 is 18.7 Å². The van der Waals surface area contributed by atoms with Crippen LogP contribution in [0.5, 0.6) is 5.75 Å². The predicted molar refractivity (Wildman–Crippen MR) is 102 cm³/mol. The molecule has 0 aromatic heterocycles. The van der Waals surface area contributed by atoms with Gasteiger partial charge in [-0.05, 0) is 81.1 Å². The smallest absolute Gasteiger partial charge is 0.319 e. The molecule has 1 saturated carbocycles. The van der Waals surface area contributed by atoms with Gasteiger partial charge in [0.2, 0.25) is 0 Å². The molecule has 0 radical (unpaired) electrons. The Morgan fingerprint density at radius 3 is 2.19 bits per heavy atom. The van der Waals surface area contributed by atoms with E-state index in [0.29, 0.717) is 11.3 Å². The highest BCUT2D eigenvalue weighted by molar-refractivity contribution is 5.94. The molecule has 1 fully saturated rings. The zero-order chi connectivity index (χ0) is 19.2. The molecule has 0 bridgehead atoms. The van der Waals surface area contributed by atoms with E-state index in [1.54, 1.807) is 12.1 Å². The van der Waals surface area contributed by atoms with Crippen LogP contribution >= 0.6 is 0 Å². The van der Waals surface area contributed by atoms with Crippen molar-refractivity contribution in [2.24, 2.45) is 0 Å². The molecule has 2 N–H and O–H groups in total. The van der Waals surface area contributed by atoms with Crippen LogP contribution in [0.4, 0.5) is 14.9 Å². The molecule has 2 aromatic carbocycles. The van der Waals surface area contributed by atoms with Gasteiger partial charge >= 0.3 is 6.03 Å². The number of ketones is 1. The molecule has 2 amide bonds. The quantitative estimate of drug-likeness (QED) is 0.760. The monoisotopic (exact) mass is 370 g/mol. The third-order valence-corrected chi connectivity index (χ3v) is 4.68. The van der Waals surface area contributed by atoms with Crippen molar-refractivity contribution >= 4 is 17.5 Å². The molecule has 0 saturated heterocycles. The number of ether oxygens (including phenoxy) is 1. The van der Waals surface area contributed by atoms with Crippen LogP contribution < -0.4 is 15.4 Å². The second kappa shape index (κ2) is 8.66. The highest BCUT2D eigenvalue weighted by Gasteiger charge is 2.23. The van der Waals surface area contributed by atoms with Gasteiger partial charge in [0.1, 0.15) is 11.6 Å². The number of urea groups is 1. The molecule has 0 unspecified atom stereocenters. The summed E-state index contributed by atoms with van der Waals surface area (Å²) in [6.07, 6.45) is 3.44. The van der Waals surface area contributed by atoms with Gasteiger partial charge in [0.05, 0.1) is 6.10 Å². The Labute approximate surface area is 157 Å². The average Bonchev–Trinajstić information content (AvgIpc) is 2.66. The van der Waals surface area contributed by atoms with Crippen molar-refractivity contribution in [3.63, 3.8) is 0 Å². The standard InChI is InChI=1S/C21H23FN2O3/c1-14(25)15-2-10-19(11-3-15)27-20-12-8-18(9-13-20)24-21(26)23-17-6-4-16(22)5-7-17/h2-7,10-11,18,20H,8-9,12-13H2,1H3,(H2,23,24,26). The molecule has 0 atom stereocenters. The van der Waals surface area contributed by atoms with Crippen molar-refractivity contribution in [2.45, 2.75) is 44.8 Å². The van der Waals surface area contributed by atoms with Gasteiger partial charge in [0.15, 0.2) is 5.78 Å². The molecule has 3 rings (SSSR count). The lowest BCUT2D eigenvalue weighted by Gasteiger charge is -2.29. The maximum Gasteiger partial charge on any atom is 0.319 e. The van der Waals surface area contributed by atoms with Gasteiger partial charge in [0.25, 0.3) is 0 Å². The van der Waals surface area contributed by atoms with Crippen LogP contribution in [-0.2, 0) is 0 Å². The van der Waals surface area contributed by atoms with E-state index >= 15 is 0 Å². The number of anilines is 1. The minimum absolute atomic E-state index is 0.0343. The number of carbonyl (C=O) groups excluding carboxylic acids is 2. The molecule has 0 heterocycles. The second-order valence-electron chi connectivity index (χ2n) is 6.78. The summed E-state index contributed by atoms with van der Waals surface area (Å²) in [7, 11) is 0. The van der Waals surface area contributed by atoms with E-state index in [9.17, 15) is 14.0 Å². The van der Waals surface area contributed by atoms with Crippen LogP contribution in [0.2, 0.25) is 0 Å². The Balaban J connectivity index is 1.42. The zero-order valence-electron chi connectivity index (χ0n) is 15.2. The van der Waals surface area contributed by atoms with Gasteiger partial charge in [0, 0.05) is 17.3 Å². The fourth-order valence-corrected chi connectivity index (χ4v) is 3.17. The molecule has 5 nitrogen and oxygen atoms in total. The molecule has 142 valence electrons. The Morgan fingerprint density at radius 1 is 0.963 bits per heavy atom. The van der Waals surface area contributed by atoms with E-state index in [2.05, 4.69) is 10.6 Å². The van der Waals surface area contributed by atoms with E-state index in [4.69, 9.17) is 4.74 Å². The van der Waals surface area contributed by atoms with Gasteiger partial charge in [-0.2, -0.15) is 0 Å². The fourth-order valence-electron chi connectivity index (χ4n) is 3.17. The SMILES string of the molecule is CC(=O)c1ccc(OC2CCC(NC(=O)Nc3ccc(F)cc3)CC2)cc1. The van der Waals surface area contributed by atoms with Crippen molar-refractivity contribution in [3.05, 3.63) is 59.9 Å². The summed E-state index contributed by atoms with van der Waals surface area (Å²) in [4.78, 5) is 23.4. The number of carbonyl (C=O) groups is 2. The highest BCUT2D eigenvalue weighted by atomic mass is 19.1. The minimum atomic E-state index is -0.338. The van der Waals surface area contributed by atoms with E-state index in [-0.39, 0.29) is 29.8 Å². The lowest BCUT2D eigenvalue weighted by atomic mass is 9.93. The van der Waals surface area contributed by atoms with Gasteiger partial charge in [-0.15, -0.1) is 0 Å². The third-order valence-electron chi connectivity index (χ3n) is 4.68. The number of hydrogen-bond donors (Lipinski definition) is 2. The van der Waals surface area contributed by atoms with Gasteiger partial charge in [-0.3, -0.25) is 4.79 Å². The molecular formula is C21H23FN2O3. The summed E-state index contributed by atoms with van der Waals surface area (Å²) < 4.78 is 18.9. The molecule has 0 aliphatic heterocycles. The normalized spacial score (nSPS) is 19.2. The molecule has 1 aliphatic rings. The molecule has 6 heteroatoms. The first-order valence-electron chi connectivity index (χ1n) is 9.10. The van der Waals surface area contributed by atoms with Gasteiger partial charge < -0.3 is 15.4 Å². The van der Waals surface area contributed by atoms with Gasteiger partial charge in [-0.1, -0.05) is 0 Å². The van der Waals surface area contributed by atoms with Crippen LogP contribution in [0.25, 0.3) is 0 Å². The van der Waals surface area contributed by atoms with Crippen LogP contribution in [0.3, 0.4) is 0 Å². The Kier molecular flexibility index (Phi) is 6.06. The first-order valence-corrected chi connectivity index (χ1v) is 9.10. The Bertz CT molecular complexity index is 782.